The SMILES string of the molecule is O=C(CN1N=C(c2nc(-c3ccc4c(c3)OCO4)no2)CCC1=O)Nc1ccc(F)cc1Br. The molecular formula is C21H15BrFN5O5. The van der Waals surface area contributed by atoms with Crippen LogP contribution in [0.2, 0.25) is 0 Å². The number of amides is 2. The van der Waals surface area contributed by atoms with Crippen LogP contribution < -0.4 is 14.8 Å². The lowest BCUT2D eigenvalue weighted by atomic mass is 10.1. The summed E-state index contributed by atoms with van der Waals surface area (Å²) in [4.78, 5) is 29.1. The van der Waals surface area contributed by atoms with Crippen molar-refractivity contribution in [1.82, 2.24) is 15.1 Å². The summed E-state index contributed by atoms with van der Waals surface area (Å²) in [6.07, 6.45) is 0.428. The first-order valence-electron chi connectivity index (χ1n) is 9.83. The fourth-order valence-electron chi connectivity index (χ4n) is 3.29. The average Bonchev–Trinajstić information content (AvgIpc) is 3.46. The minimum atomic E-state index is -0.493. The molecule has 1 aromatic heterocycles. The largest absolute Gasteiger partial charge is 0.454 e. The summed E-state index contributed by atoms with van der Waals surface area (Å²) in [5.41, 5.74) is 1.44. The van der Waals surface area contributed by atoms with E-state index < -0.39 is 11.7 Å². The van der Waals surface area contributed by atoms with Gasteiger partial charge in [-0.25, -0.2) is 9.40 Å². The number of fused-ring (bicyclic) bond motifs is 1. The number of rotatable bonds is 5. The zero-order valence-electron chi connectivity index (χ0n) is 16.9. The third kappa shape index (κ3) is 4.42. The Morgan fingerprint density at radius 2 is 2.00 bits per heavy atom. The van der Waals surface area contributed by atoms with E-state index in [1.807, 2.05) is 0 Å². The van der Waals surface area contributed by atoms with Crippen molar-refractivity contribution in [2.45, 2.75) is 12.8 Å². The van der Waals surface area contributed by atoms with Crippen LogP contribution in [0.1, 0.15) is 18.7 Å². The first kappa shape index (κ1) is 21.1. The number of nitrogens with one attached hydrogen (secondary N) is 1. The molecule has 2 aromatic carbocycles. The lowest BCUT2D eigenvalue weighted by Gasteiger charge is -2.21. The molecule has 0 bridgehead atoms. The van der Waals surface area contributed by atoms with Crippen LogP contribution >= 0.6 is 15.9 Å². The summed E-state index contributed by atoms with van der Waals surface area (Å²) < 4.78 is 29.6. The van der Waals surface area contributed by atoms with Crippen molar-refractivity contribution in [2.75, 3.05) is 18.7 Å². The van der Waals surface area contributed by atoms with Gasteiger partial charge in [0.05, 0.1) is 5.69 Å². The highest BCUT2D eigenvalue weighted by atomic mass is 79.9. The minimum absolute atomic E-state index is 0.133. The topological polar surface area (TPSA) is 119 Å². The molecule has 5 rings (SSSR count). The summed E-state index contributed by atoms with van der Waals surface area (Å²) in [5, 5.41) is 11.9. The van der Waals surface area contributed by atoms with Crippen LogP contribution in [0.25, 0.3) is 11.4 Å². The summed E-state index contributed by atoms with van der Waals surface area (Å²) >= 11 is 3.19. The lowest BCUT2D eigenvalue weighted by Crippen LogP contribution is -2.38. The van der Waals surface area contributed by atoms with Gasteiger partial charge in [-0.15, -0.1) is 0 Å². The Morgan fingerprint density at radius 1 is 1.15 bits per heavy atom. The van der Waals surface area contributed by atoms with E-state index in [-0.39, 0.29) is 31.6 Å². The molecule has 33 heavy (non-hydrogen) atoms. The van der Waals surface area contributed by atoms with Crippen molar-refractivity contribution in [1.29, 1.82) is 0 Å². The maximum atomic E-state index is 13.2. The quantitative estimate of drug-likeness (QED) is 0.553. The Balaban J connectivity index is 1.31. The molecule has 0 saturated carbocycles. The van der Waals surface area contributed by atoms with Gasteiger partial charge in [0.15, 0.2) is 11.5 Å². The summed E-state index contributed by atoms with van der Waals surface area (Å²) in [5.74, 6) is 0.452. The molecule has 0 aliphatic carbocycles. The van der Waals surface area contributed by atoms with E-state index >= 15 is 0 Å². The average molecular weight is 516 g/mol. The molecule has 0 saturated heterocycles. The van der Waals surface area contributed by atoms with Gasteiger partial charge in [-0.05, 0) is 52.3 Å². The first-order chi connectivity index (χ1) is 16.0. The molecule has 2 aliphatic rings. The van der Waals surface area contributed by atoms with Gasteiger partial charge in [0.2, 0.25) is 24.4 Å². The second-order valence-corrected chi connectivity index (χ2v) is 8.02. The number of ether oxygens (including phenoxy) is 2. The van der Waals surface area contributed by atoms with Crippen molar-refractivity contribution in [3.8, 4) is 22.9 Å². The van der Waals surface area contributed by atoms with Crippen molar-refractivity contribution >= 4 is 39.1 Å². The van der Waals surface area contributed by atoms with E-state index in [4.69, 9.17) is 14.0 Å². The monoisotopic (exact) mass is 515 g/mol. The zero-order chi connectivity index (χ0) is 22.9. The molecular weight excluding hydrogens is 501 g/mol. The molecule has 0 fully saturated rings. The van der Waals surface area contributed by atoms with Gasteiger partial charge in [-0.2, -0.15) is 10.1 Å². The Morgan fingerprint density at radius 3 is 2.85 bits per heavy atom. The van der Waals surface area contributed by atoms with E-state index in [9.17, 15) is 14.0 Å². The van der Waals surface area contributed by atoms with Crippen molar-refractivity contribution < 1.29 is 28.0 Å². The van der Waals surface area contributed by atoms with E-state index in [0.29, 0.717) is 45.2 Å². The highest BCUT2D eigenvalue weighted by molar-refractivity contribution is 9.10. The highest BCUT2D eigenvalue weighted by Gasteiger charge is 2.27. The fourth-order valence-corrected chi connectivity index (χ4v) is 3.74. The van der Waals surface area contributed by atoms with Crippen LogP contribution in [0.3, 0.4) is 0 Å². The molecule has 2 amide bonds. The standard InChI is InChI=1S/C21H15BrFN5O5/c22-13-8-12(23)2-3-14(13)24-18(29)9-28-19(30)6-4-15(26-28)21-25-20(27-33-21)11-1-5-16-17(7-11)32-10-31-16/h1-3,5,7-8H,4,6,9-10H2,(H,24,29). The Bertz CT molecular complexity index is 1290. The Labute approximate surface area is 194 Å². The Hall–Kier alpha value is -3.80. The third-order valence-corrected chi connectivity index (χ3v) is 5.56. The Kier molecular flexibility index (Phi) is 5.50. The van der Waals surface area contributed by atoms with Crippen molar-refractivity contribution in [2.24, 2.45) is 5.10 Å². The van der Waals surface area contributed by atoms with E-state index in [2.05, 4.69) is 36.5 Å². The summed E-state index contributed by atoms with van der Waals surface area (Å²) in [7, 11) is 0. The second-order valence-electron chi connectivity index (χ2n) is 7.16. The van der Waals surface area contributed by atoms with Gasteiger partial charge in [-0.3, -0.25) is 9.59 Å². The number of anilines is 1. The molecule has 0 spiro atoms. The van der Waals surface area contributed by atoms with Crippen LogP contribution in [0, 0.1) is 5.82 Å². The minimum Gasteiger partial charge on any atom is -0.454 e. The van der Waals surface area contributed by atoms with Crippen LogP contribution in [0.5, 0.6) is 11.5 Å². The van der Waals surface area contributed by atoms with Crippen LogP contribution in [-0.4, -0.2) is 46.0 Å². The number of hydrazone groups is 1. The smallest absolute Gasteiger partial charge is 0.274 e. The van der Waals surface area contributed by atoms with E-state index in [0.717, 1.165) is 5.01 Å². The molecule has 3 aromatic rings. The van der Waals surface area contributed by atoms with Crippen LogP contribution in [0.15, 0.2) is 50.5 Å². The van der Waals surface area contributed by atoms with Gasteiger partial charge >= 0.3 is 0 Å². The van der Waals surface area contributed by atoms with E-state index in [1.165, 1.54) is 18.2 Å². The van der Waals surface area contributed by atoms with Crippen molar-refractivity contribution in [3.63, 3.8) is 0 Å². The predicted octanol–water partition coefficient (Wildman–Crippen LogP) is 3.33. The zero-order valence-corrected chi connectivity index (χ0v) is 18.5. The molecule has 2 aliphatic heterocycles. The number of aromatic nitrogens is 2. The maximum Gasteiger partial charge on any atom is 0.274 e. The second kappa shape index (κ2) is 8.62. The number of nitrogens with zero attached hydrogens (tertiary/aromatic N) is 4. The third-order valence-electron chi connectivity index (χ3n) is 4.91. The van der Waals surface area contributed by atoms with Gasteiger partial charge in [0.25, 0.3) is 5.89 Å². The predicted molar refractivity (Wildman–Crippen MR) is 116 cm³/mol. The van der Waals surface area contributed by atoms with Gasteiger partial charge < -0.3 is 19.3 Å². The molecule has 1 N–H and O–H groups in total. The van der Waals surface area contributed by atoms with Crippen LogP contribution in [-0.2, 0) is 9.59 Å². The normalized spacial score (nSPS) is 14.9. The molecule has 0 atom stereocenters. The van der Waals surface area contributed by atoms with Gasteiger partial charge in [-0.1, -0.05) is 5.16 Å². The number of benzene rings is 2. The first-order valence-corrected chi connectivity index (χ1v) is 10.6. The molecule has 12 heteroatoms. The fraction of sp³-hybridized carbons (Fsp3) is 0.190. The van der Waals surface area contributed by atoms with Crippen LogP contribution in [0.4, 0.5) is 10.1 Å². The van der Waals surface area contributed by atoms with E-state index in [1.54, 1.807) is 18.2 Å². The number of halogens is 2. The van der Waals surface area contributed by atoms with Crippen molar-refractivity contribution in [3.05, 3.63) is 52.6 Å². The molecule has 0 radical (unpaired) electrons. The summed E-state index contributed by atoms with van der Waals surface area (Å²) in [6, 6.07) is 9.14. The number of carbonyl (C=O) groups excluding carboxylic acids is 2. The van der Waals surface area contributed by atoms with Gasteiger partial charge in [0, 0.05) is 22.9 Å². The number of hydrogen-bond donors (Lipinski definition) is 1. The maximum absolute atomic E-state index is 13.2. The number of carbonyl (C=O) groups is 2. The highest BCUT2D eigenvalue weighted by Crippen LogP contribution is 2.35. The molecule has 10 nitrogen and oxygen atoms in total. The summed E-state index contributed by atoms with van der Waals surface area (Å²) in [6.45, 7) is -0.169. The van der Waals surface area contributed by atoms with Gasteiger partial charge in [0.1, 0.15) is 18.1 Å². The molecule has 0 unspecified atom stereocenters. The molecule has 3 heterocycles. The molecule has 168 valence electrons. The lowest BCUT2D eigenvalue weighted by molar-refractivity contribution is -0.135. The number of hydrogen-bond acceptors (Lipinski definition) is 8.